The second-order valence-corrected chi connectivity index (χ2v) is 5.45. The monoisotopic (exact) mass is 207 g/mol. The molecule has 3 nitrogen and oxygen atoms in total. The largest absolute Gasteiger partial charge is 0.465 e. The molecule has 0 amide bonds. The molecule has 2 rings (SSSR count). The summed E-state index contributed by atoms with van der Waals surface area (Å²) in [6.07, 6.45) is 3.47. The van der Waals surface area contributed by atoms with Crippen LogP contribution in [0.3, 0.4) is 0 Å². The number of hydrogen-bond donors (Lipinski definition) is 0. The van der Waals surface area contributed by atoms with Crippen LogP contribution in [0.25, 0.3) is 0 Å². The van der Waals surface area contributed by atoms with E-state index in [1.807, 2.05) is 6.92 Å². The molecular formula is C12H17NO2. The number of nitriles is 1. The number of fused-ring (bicyclic) bond motifs is 1. The van der Waals surface area contributed by atoms with E-state index in [9.17, 15) is 10.1 Å². The Hall–Kier alpha value is -1.04. The van der Waals surface area contributed by atoms with Crippen LogP contribution in [-0.2, 0) is 9.53 Å². The van der Waals surface area contributed by atoms with Gasteiger partial charge in [0.1, 0.15) is 0 Å². The molecule has 0 radical (unpaired) electrons. The fourth-order valence-corrected chi connectivity index (χ4v) is 3.23. The Labute approximate surface area is 90.4 Å². The van der Waals surface area contributed by atoms with Crippen LogP contribution in [0.4, 0.5) is 0 Å². The molecule has 1 aliphatic carbocycles. The number of ether oxygens (including phenoxy) is 1. The van der Waals surface area contributed by atoms with Crippen LogP contribution in [-0.4, -0.2) is 12.6 Å². The first-order chi connectivity index (χ1) is 7.00. The van der Waals surface area contributed by atoms with E-state index in [4.69, 9.17) is 4.74 Å². The molecule has 3 atom stereocenters. The Kier molecular flexibility index (Phi) is 2.26. The van der Waals surface area contributed by atoms with Crippen molar-refractivity contribution in [2.75, 3.05) is 6.61 Å². The van der Waals surface area contributed by atoms with Crippen LogP contribution in [0.2, 0.25) is 0 Å². The Morgan fingerprint density at radius 1 is 1.47 bits per heavy atom. The topological polar surface area (TPSA) is 50.1 Å². The lowest BCUT2D eigenvalue weighted by atomic mass is 9.55. The van der Waals surface area contributed by atoms with Gasteiger partial charge in [0.25, 0.3) is 0 Å². The maximum atomic E-state index is 11.3. The molecule has 15 heavy (non-hydrogen) atoms. The fraction of sp³-hybridized carbons (Fsp3) is 0.833. The molecule has 82 valence electrons. The molecule has 0 spiro atoms. The molecular weight excluding hydrogens is 190 g/mol. The Bertz CT molecular complexity index is 333. The molecule has 1 saturated heterocycles. The van der Waals surface area contributed by atoms with E-state index in [0.29, 0.717) is 13.0 Å². The van der Waals surface area contributed by atoms with Gasteiger partial charge >= 0.3 is 5.97 Å². The van der Waals surface area contributed by atoms with Crippen LogP contribution in [0, 0.1) is 28.1 Å². The number of carbonyl (C=O) groups excluding carboxylic acids is 1. The molecule has 0 bridgehead atoms. The molecule has 0 aromatic rings. The van der Waals surface area contributed by atoms with E-state index in [0.717, 1.165) is 19.3 Å². The number of carbonyl (C=O) groups is 1. The average molecular weight is 207 g/mol. The van der Waals surface area contributed by atoms with Gasteiger partial charge in [0.15, 0.2) is 0 Å². The standard InChI is InChI=1S/C12H17NO2/c1-11(7-13)4-3-5-12(2)8-15-10(14)6-9(11)12/h9H,3-6,8H2,1-2H3/t9-,11+,12-/m0/s1. The third-order valence-corrected chi connectivity index (χ3v) is 4.24. The molecule has 0 aromatic carbocycles. The summed E-state index contributed by atoms with van der Waals surface area (Å²) in [7, 11) is 0. The van der Waals surface area contributed by atoms with Crippen LogP contribution < -0.4 is 0 Å². The van der Waals surface area contributed by atoms with Crippen molar-refractivity contribution in [3.63, 3.8) is 0 Å². The number of hydrogen-bond acceptors (Lipinski definition) is 3. The second kappa shape index (κ2) is 3.23. The van der Waals surface area contributed by atoms with Crippen LogP contribution in [0.5, 0.6) is 0 Å². The molecule has 0 N–H and O–H groups in total. The molecule has 0 aromatic heterocycles. The van der Waals surface area contributed by atoms with Gasteiger partial charge in [-0.25, -0.2) is 0 Å². The van der Waals surface area contributed by atoms with Gasteiger partial charge in [0.2, 0.25) is 0 Å². The normalized spacial score (nSPS) is 45.1. The van der Waals surface area contributed by atoms with Crippen molar-refractivity contribution in [2.45, 2.75) is 39.5 Å². The number of nitrogens with zero attached hydrogens (tertiary/aromatic N) is 1. The molecule has 1 saturated carbocycles. The summed E-state index contributed by atoms with van der Waals surface area (Å²) in [4.78, 5) is 11.3. The van der Waals surface area contributed by atoms with Gasteiger partial charge in [-0.05, 0) is 25.7 Å². The van der Waals surface area contributed by atoms with Crippen molar-refractivity contribution >= 4 is 5.97 Å². The van der Waals surface area contributed by atoms with Crippen molar-refractivity contribution in [1.29, 1.82) is 5.26 Å². The number of rotatable bonds is 0. The summed E-state index contributed by atoms with van der Waals surface area (Å²) in [5, 5.41) is 9.29. The van der Waals surface area contributed by atoms with Gasteiger partial charge in [-0.1, -0.05) is 13.3 Å². The Morgan fingerprint density at radius 2 is 2.20 bits per heavy atom. The first-order valence-electron chi connectivity index (χ1n) is 5.57. The summed E-state index contributed by atoms with van der Waals surface area (Å²) in [6.45, 7) is 4.64. The Balaban J connectivity index is 2.33. The van der Waals surface area contributed by atoms with E-state index < -0.39 is 0 Å². The SMILES string of the molecule is C[C@@]12CCC[C@](C)(C#N)[C@@H]1CC(=O)OC2. The van der Waals surface area contributed by atoms with Crippen LogP contribution >= 0.6 is 0 Å². The third-order valence-electron chi connectivity index (χ3n) is 4.24. The lowest BCUT2D eigenvalue weighted by molar-refractivity contribution is -0.168. The van der Waals surface area contributed by atoms with Crippen molar-refractivity contribution < 1.29 is 9.53 Å². The van der Waals surface area contributed by atoms with Gasteiger partial charge in [0, 0.05) is 5.41 Å². The van der Waals surface area contributed by atoms with Crippen molar-refractivity contribution in [2.24, 2.45) is 16.7 Å². The minimum atomic E-state index is -0.341. The summed E-state index contributed by atoms with van der Waals surface area (Å²) in [6, 6.07) is 2.42. The molecule has 0 unspecified atom stereocenters. The van der Waals surface area contributed by atoms with Crippen LogP contribution in [0.1, 0.15) is 39.5 Å². The summed E-state index contributed by atoms with van der Waals surface area (Å²) < 4.78 is 5.14. The zero-order valence-corrected chi connectivity index (χ0v) is 9.38. The lowest BCUT2D eigenvalue weighted by Crippen LogP contribution is -2.50. The van der Waals surface area contributed by atoms with Crippen molar-refractivity contribution in [1.82, 2.24) is 0 Å². The zero-order valence-electron chi connectivity index (χ0n) is 9.38. The van der Waals surface area contributed by atoms with Crippen molar-refractivity contribution in [3.05, 3.63) is 0 Å². The first-order valence-corrected chi connectivity index (χ1v) is 5.57. The molecule has 1 aliphatic heterocycles. The maximum Gasteiger partial charge on any atom is 0.306 e. The van der Waals surface area contributed by atoms with E-state index in [-0.39, 0.29) is 22.7 Å². The van der Waals surface area contributed by atoms with E-state index >= 15 is 0 Å². The highest BCUT2D eigenvalue weighted by atomic mass is 16.5. The van der Waals surface area contributed by atoms with Gasteiger partial charge in [-0.15, -0.1) is 0 Å². The number of cyclic esters (lactones) is 1. The molecule has 2 fully saturated rings. The maximum absolute atomic E-state index is 11.3. The lowest BCUT2D eigenvalue weighted by Gasteiger charge is -2.50. The van der Waals surface area contributed by atoms with Crippen molar-refractivity contribution in [3.8, 4) is 6.07 Å². The highest BCUT2D eigenvalue weighted by molar-refractivity contribution is 5.71. The highest BCUT2D eigenvalue weighted by Gasteiger charge is 2.52. The fourth-order valence-electron chi connectivity index (χ4n) is 3.23. The van der Waals surface area contributed by atoms with Gasteiger partial charge in [-0.2, -0.15) is 5.26 Å². The molecule has 1 heterocycles. The zero-order chi connectivity index (χ0) is 11.1. The van der Waals surface area contributed by atoms with Crippen LogP contribution in [0.15, 0.2) is 0 Å². The van der Waals surface area contributed by atoms with E-state index in [1.54, 1.807) is 0 Å². The molecule has 3 heteroatoms. The quantitative estimate of drug-likeness (QED) is 0.572. The minimum absolute atomic E-state index is 0.0244. The smallest absolute Gasteiger partial charge is 0.306 e. The summed E-state index contributed by atoms with van der Waals surface area (Å²) >= 11 is 0. The summed E-state index contributed by atoms with van der Waals surface area (Å²) in [5.74, 6) is 0.0332. The predicted octanol–water partition coefficient (Wildman–Crippen LogP) is 2.27. The summed E-state index contributed by atoms with van der Waals surface area (Å²) in [5.41, 5.74) is -0.316. The highest BCUT2D eigenvalue weighted by Crippen LogP contribution is 2.54. The van der Waals surface area contributed by atoms with Gasteiger partial charge < -0.3 is 4.74 Å². The molecule has 2 aliphatic rings. The van der Waals surface area contributed by atoms with E-state index in [1.165, 1.54) is 0 Å². The van der Waals surface area contributed by atoms with E-state index in [2.05, 4.69) is 13.0 Å². The second-order valence-electron chi connectivity index (χ2n) is 5.45. The predicted molar refractivity (Wildman–Crippen MR) is 54.7 cm³/mol. The third kappa shape index (κ3) is 1.52. The Morgan fingerprint density at radius 3 is 2.87 bits per heavy atom. The average Bonchev–Trinajstić information content (AvgIpc) is 2.21. The first kappa shape index (κ1) is 10.5. The minimum Gasteiger partial charge on any atom is -0.465 e. The number of esters is 1. The van der Waals surface area contributed by atoms with Gasteiger partial charge in [-0.3, -0.25) is 4.79 Å². The van der Waals surface area contributed by atoms with Gasteiger partial charge in [0.05, 0.1) is 24.5 Å².